The monoisotopic (exact) mass is 323 g/mol. The van der Waals surface area contributed by atoms with Crippen molar-refractivity contribution in [2.75, 3.05) is 11.4 Å². The predicted molar refractivity (Wildman–Crippen MR) is 77.8 cm³/mol. The van der Waals surface area contributed by atoms with E-state index in [2.05, 4.69) is 0 Å². The van der Waals surface area contributed by atoms with Gasteiger partial charge in [0.05, 0.1) is 11.3 Å². The molecule has 0 bridgehead atoms. The lowest BCUT2D eigenvalue weighted by atomic mass is 10.0. The van der Waals surface area contributed by atoms with Gasteiger partial charge in [-0.25, -0.2) is 4.39 Å². The molecular formula is C17H13F4NO. The molecule has 23 heavy (non-hydrogen) atoms. The molecule has 0 saturated carbocycles. The summed E-state index contributed by atoms with van der Waals surface area (Å²) in [5.74, 6) is -0.874. The molecule has 2 nitrogen and oxygen atoms in total. The van der Waals surface area contributed by atoms with Crippen LogP contribution in [-0.2, 0) is 12.6 Å². The van der Waals surface area contributed by atoms with Crippen molar-refractivity contribution >= 4 is 11.6 Å². The highest BCUT2D eigenvalue weighted by atomic mass is 19.4. The molecule has 0 N–H and O–H groups in total. The molecule has 0 unspecified atom stereocenters. The summed E-state index contributed by atoms with van der Waals surface area (Å²) in [7, 11) is 0. The number of benzene rings is 2. The number of rotatable bonds is 1. The molecule has 0 atom stereocenters. The summed E-state index contributed by atoms with van der Waals surface area (Å²) < 4.78 is 51.2. The number of carbonyl (C=O) groups excluding carboxylic acids is 1. The van der Waals surface area contributed by atoms with Crippen molar-refractivity contribution in [1.29, 1.82) is 0 Å². The van der Waals surface area contributed by atoms with Crippen LogP contribution in [0.15, 0.2) is 42.5 Å². The number of hydrogen-bond donors (Lipinski definition) is 0. The highest BCUT2D eigenvalue weighted by Gasteiger charge is 2.31. The Bertz CT molecular complexity index is 737. The van der Waals surface area contributed by atoms with Crippen LogP contribution in [0.3, 0.4) is 0 Å². The van der Waals surface area contributed by atoms with Crippen molar-refractivity contribution in [3.63, 3.8) is 0 Å². The maximum atomic E-state index is 13.5. The summed E-state index contributed by atoms with van der Waals surface area (Å²) >= 11 is 0. The Balaban J connectivity index is 1.91. The Morgan fingerprint density at radius 2 is 1.74 bits per heavy atom. The third-order valence-electron chi connectivity index (χ3n) is 3.87. The van der Waals surface area contributed by atoms with Crippen LogP contribution < -0.4 is 4.90 Å². The first-order valence-corrected chi connectivity index (χ1v) is 7.14. The number of fused-ring (bicyclic) bond motifs is 1. The molecular weight excluding hydrogens is 310 g/mol. The molecule has 1 aliphatic rings. The van der Waals surface area contributed by atoms with Gasteiger partial charge in [-0.3, -0.25) is 4.79 Å². The van der Waals surface area contributed by atoms with E-state index in [0.29, 0.717) is 12.2 Å². The zero-order valence-electron chi connectivity index (χ0n) is 12.0. The first kappa shape index (κ1) is 15.5. The maximum absolute atomic E-state index is 13.5. The second-order valence-electron chi connectivity index (χ2n) is 5.41. The van der Waals surface area contributed by atoms with Gasteiger partial charge >= 0.3 is 6.18 Å². The van der Waals surface area contributed by atoms with Crippen molar-refractivity contribution in [1.82, 2.24) is 0 Å². The molecule has 0 radical (unpaired) electrons. The van der Waals surface area contributed by atoms with Crippen LogP contribution in [0.1, 0.15) is 27.9 Å². The van der Waals surface area contributed by atoms with Crippen LogP contribution in [-0.4, -0.2) is 12.5 Å². The van der Waals surface area contributed by atoms with E-state index in [-0.39, 0.29) is 5.56 Å². The third kappa shape index (κ3) is 3.06. The maximum Gasteiger partial charge on any atom is 0.416 e. The number of aryl methyl sites for hydroxylation is 1. The van der Waals surface area contributed by atoms with Gasteiger partial charge in [-0.15, -0.1) is 0 Å². The smallest absolute Gasteiger partial charge is 0.308 e. The van der Waals surface area contributed by atoms with E-state index in [1.165, 1.54) is 17.0 Å². The molecule has 6 heteroatoms. The topological polar surface area (TPSA) is 20.3 Å². The van der Waals surface area contributed by atoms with Crippen LogP contribution in [0.5, 0.6) is 0 Å². The minimum absolute atomic E-state index is 0.148. The Hall–Kier alpha value is -2.37. The summed E-state index contributed by atoms with van der Waals surface area (Å²) in [6.07, 6.45) is -2.97. The van der Waals surface area contributed by atoms with E-state index in [0.717, 1.165) is 42.7 Å². The molecule has 2 aromatic carbocycles. The van der Waals surface area contributed by atoms with E-state index in [1.54, 1.807) is 6.07 Å². The summed E-state index contributed by atoms with van der Waals surface area (Å²) in [6, 6.07) is 8.32. The minimum Gasteiger partial charge on any atom is -0.308 e. The SMILES string of the molecule is O=C(c1ccc(C(F)(F)F)cc1)N1CCCc2ccc(F)cc21. The number of halogens is 4. The number of hydrogen-bond acceptors (Lipinski definition) is 1. The van der Waals surface area contributed by atoms with Crippen molar-refractivity contribution in [3.8, 4) is 0 Å². The van der Waals surface area contributed by atoms with Crippen molar-refractivity contribution in [2.24, 2.45) is 0 Å². The van der Waals surface area contributed by atoms with Gasteiger partial charge in [-0.2, -0.15) is 13.2 Å². The van der Waals surface area contributed by atoms with Crippen LogP contribution >= 0.6 is 0 Å². The standard InChI is InChI=1S/C17H13F4NO/c18-14-8-5-11-2-1-9-22(15(11)10-14)16(23)12-3-6-13(7-4-12)17(19,20)21/h3-8,10H,1-2,9H2. The lowest BCUT2D eigenvalue weighted by Gasteiger charge is -2.29. The van der Waals surface area contributed by atoms with Gasteiger partial charge in [-0.1, -0.05) is 6.07 Å². The fraction of sp³-hybridized carbons (Fsp3) is 0.235. The molecule has 0 aliphatic carbocycles. The van der Waals surface area contributed by atoms with E-state index in [9.17, 15) is 22.4 Å². The Morgan fingerprint density at radius 3 is 2.39 bits per heavy atom. The summed E-state index contributed by atoms with van der Waals surface area (Å²) in [5.41, 5.74) is 0.688. The van der Waals surface area contributed by atoms with Crippen LogP contribution in [0, 0.1) is 5.82 Å². The molecule has 0 fully saturated rings. The second kappa shape index (κ2) is 5.68. The Morgan fingerprint density at radius 1 is 1.04 bits per heavy atom. The quantitative estimate of drug-likeness (QED) is 0.711. The zero-order valence-corrected chi connectivity index (χ0v) is 12.0. The van der Waals surface area contributed by atoms with Gasteiger partial charge in [0, 0.05) is 12.1 Å². The molecule has 0 aromatic heterocycles. The molecule has 1 amide bonds. The minimum atomic E-state index is -4.44. The number of anilines is 1. The number of carbonyl (C=O) groups is 1. The van der Waals surface area contributed by atoms with Crippen molar-refractivity contribution < 1.29 is 22.4 Å². The van der Waals surface area contributed by atoms with Gasteiger partial charge in [0.1, 0.15) is 5.82 Å². The molecule has 0 spiro atoms. The number of amides is 1. The van der Waals surface area contributed by atoms with E-state index in [4.69, 9.17) is 0 Å². The fourth-order valence-electron chi connectivity index (χ4n) is 2.72. The molecule has 120 valence electrons. The average molecular weight is 323 g/mol. The van der Waals surface area contributed by atoms with Gasteiger partial charge < -0.3 is 4.90 Å². The summed E-state index contributed by atoms with van der Waals surface area (Å²) in [4.78, 5) is 14.0. The van der Waals surface area contributed by atoms with E-state index < -0.39 is 23.5 Å². The lowest BCUT2D eigenvalue weighted by Crippen LogP contribution is -2.35. The van der Waals surface area contributed by atoms with Gasteiger partial charge in [0.15, 0.2) is 0 Å². The summed E-state index contributed by atoms with van der Waals surface area (Å²) in [6.45, 7) is 0.413. The third-order valence-corrected chi connectivity index (χ3v) is 3.87. The molecule has 3 rings (SSSR count). The van der Waals surface area contributed by atoms with E-state index in [1.807, 2.05) is 0 Å². The normalized spacial score (nSPS) is 14.5. The highest BCUT2D eigenvalue weighted by molar-refractivity contribution is 6.06. The van der Waals surface area contributed by atoms with E-state index >= 15 is 0 Å². The number of nitrogens with zero attached hydrogens (tertiary/aromatic N) is 1. The van der Waals surface area contributed by atoms with Crippen LogP contribution in [0.2, 0.25) is 0 Å². The lowest BCUT2D eigenvalue weighted by molar-refractivity contribution is -0.137. The Labute approximate surface area is 130 Å². The molecule has 1 aliphatic heterocycles. The first-order valence-electron chi connectivity index (χ1n) is 7.14. The first-order chi connectivity index (χ1) is 10.9. The van der Waals surface area contributed by atoms with Crippen LogP contribution in [0.4, 0.5) is 23.2 Å². The molecule has 0 saturated heterocycles. The van der Waals surface area contributed by atoms with Crippen molar-refractivity contribution in [2.45, 2.75) is 19.0 Å². The van der Waals surface area contributed by atoms with Gasteiger partial charge in [0.2, 0.25) is 0 Å². The molecule has 2 aromatic rings. The highest BCUT2D eigenvalue weighted by Crippen LogP contribution is 2.31. The Kier molecular flexibility index (Phi) is 3.83. The van der Waals surface area contributed by atoms with Gasteiger partial charge in [-0.05, 0) is 54.8 Å². The molecule has 1 heterocycles. The van der Waals surface area contributed by atoms with Crippen molar-refractivity contribution in [3.05, 3.63) is 65.0 Å². The predicted octanol–water partition coefficient (Wildman–Crippen LogP) is 4.44. The summed E-state index contributed by atoms with van der Waals surface area (Å²) in [5, 5.41) is 0. The van der Waals surface area contributed by atoms with Crippen LogP contribution in [0.25, 0.3) is 0 Å². The largest absolute Gasteiger partial charge is 0.416 e. The van der Waals surface area contributed by atoms with Gasteiger partial charge in [0.25, 0.3) is 5.91 Å². The fourth-order valence-corrected chi connectivity index (χ4v) is 2.72. The number of alkyl halides is 3. The second-order valence-corrected chi connectivity index (χ2v) is 5.41. The average Bonchev–Trinajstić information content (AvgIpc) is 2.53. The zero-order chi connectivity index (χ0) is 16.6.